The first-order chi connectivity index (χ1) is 30.2. The number of hydrogen-bond acceptors (Lipinski definition) is 17. The molecule has 12 N–H and O–H groups in total. The summed E-state index contributed by atoms with van der Waals surface area (Å²) in [6.07, 6.45) is -2.70. The van der Waals surface area contributed by atoms with Crippen LogP contribution in [-0.2, 0) is 69.6 Å². The van der Waals surface area contributed by atoms with Gasteiger partial charge in [-0.2, -0.15) is 30.0 Å². The molecule has 26 nitrogen and oxygen atoms in total. The van der Waals surface area contributed by atoms with E-state index in [-0.39, 0.29) is 27.6 Å². The third kappa shape index (κ3) is 13.4. The Hall–Kier alpha value is -5.77. The number of benzene rings is 3. The highest BCUT2D eigenvalue weighted by Crippen LogP contribution is 2.45. The minimum absolute atomic E-state index is 0.136. The Bertz CT molecular complexity index is 3240. The van der Waals surface area contributed by atoms with Crippen LogP contribution in [0.5, 0.6) is 0 Å². The number of nitrogens with one attached hydrogen (secondary N) is 3. The van der Waals surface area contributed by atoms with Crippen LogP contribution in [0, 0.1) is 5.92 Å². The number of aliphatic carboxylic acids is 1. The third-order valence-corrected chi connectivity index (χ3v) is 14.7. The lowest BCUT2D eigenvalue weighted by Gasteiger charge is -2.24. The van der Waals surface area contributed by atoms with E-state index in [0.717, 1.165) is 19.1 Å². The maximum absolute atomic E-state index is 14.4. The van der Waals surface area contributed by atoms with Crippen molar-refractivity contribution in [2.45, 2.75) is 48.1 Å². The lowest BCUT2D eigenvalue weighted by atomic mass is 9.90. The second kappa shape index (κ2) is 20.0. The topological polar surface area (TPSA) is 458 Å². The van der Waals surface area contributed by atoms with Crippen molar-refractivity contribution < 1.29 is 99.8 Å². The van der Waals surface area contributed by atoms with E-state index in [1.165, 1.54) is 36.4 Å². The number of ketones is 2. The molecule has 2 aromatic carbocycles. The molecule has 31 heteroatoms. The molecule has 1 aliphatic carbocycles. The maximum Gasteiger partial charge on any atom is 0.336 e. The minimum atomic E-state index is -5.51. The first-order valence-corrected chi connectivity index (χ1v) is 26.2. The first-order valence-electron chi connectivity index (χ1n) is 18.4. The van der Waals surface area contributed by atoms with Crippen LogP contribution in [0.4, 0.5) is 5.69 Å². The largest absolute Gasteiger partial charge is 0.481 e. The molecular weight excluding hydrogens is 987 g/mol. The average molecular weight is 1030 g/mol. The van der Waals surface area contributed by atoms with Crippen molar-refractivity contribution in [1.29, 1.82) is 0 Å². The highest BCUT2D eigenvalue weighted by Gasteiger charge is 2.39. The van der Waals surface area contributed by atoms with Gasteiger partial charge >= 0.3 is 5.97 Å². The number of carboxylic acids is 2. The quantitative estimate of drug-likeness (QED) is 0.0486. The Labute approximate surface area is 374 Å². The summed E-state index contributed by atoms with van der Waals surface area (Å²) in [6, 6.07) is 4.84. The van der Waals surface area contributed by atoms with Crippen LogP contribution in [0.1, 0.15) is 36.5 Å². The van der Waals surface area contributed by atoms with Gasteiger partial charge in [0.15, 0.2) is 27.8 Å². The number of Topliss-reactive ketones (excluding diaryl/α,β-unsaturated/α-hetero) is 2. The number of carboxylic acid groups (broad SMARTS) is 2. The highest BCUT2D eigenvalue weighted by molar-refractivity contribution is 7.90. The molecular formula is C35H40N5O21S5+. The predicted octanol–water partition coefficient (Wildman–Crippen LogP) is -2.75. The standard InChI is InChI=1S/C33H35N5O19S5.C2H4O2/c34-21-9-7-19-27(17-4-1-2-5-18(17)33(42)43)20-8-10-22(35)31-29(20)57-28(19)30(21)61(53,54)36-11-3-6-25(39)23(14-59(47,48)49)37-32(41)16(13-58(44,45)46)12-26(40)24(15-60(50,51)52)38-62(31,55)56;1-2(3)4/h1-2,4-5,7-10,16,23-24,34,36,38H,3,6,11-15,35H2,(H,37,41)(H,42,43)(H,44,45,46)(H,47,48,49)(H,50,51,52);1H3,(H,3,4)/p+1. The highest BCUT2D eigenvalue weighted by atomic mass is 32.2. The fraction of sp³-hybridized carbons (Fsp3) is 0.314. The van der Waals surface area contributed by atoms with Gasteiger partial charge in [0.2, 0.25) is 21.3 Å². The molecule has 3 aliphatic rings. The minimum Gasteiger partial charge on any atom is -0.481 e. The second-order valence-electron chi connectivity index (χ2n) is 14.4. The number of carbonyl (C=O) groups excluding carboxylic acids is 3. The van der Waals surface area contributed by atoms with Crippen molar-refractivity contribution in [2.75, 3.05) is 29.5 Å². The van der Waals surface area contributed by atoms with E-state index >= 15 is 0 Å². The lowest BCUT2D eigenvalue weighted by Crippen LogP contribution is -2.50. The van der Waals surface area contributed by atoms with E-state index in [0.29, 0.717) is 0 Å². The van der Waals surface area contributed by atoms with E-state index in [9.17, 15) is 80.0 Å². The molecule has 66 heavy (non-hydrogen) atoms. The predicted molar refractivity (Wildman–Crippen MR) is 226 cm³/mol. The zero-order chi connectivity index (χ0) is 49.9. The summed E-state index contributed by atoms with van der Waals surface area (Å²) in [5, 5.41) is 24.8. The van der Waals surface area contributed by atoms with Crippen LogP contribution in [0.15, 0.2) is 62.7 Å². The molecule has 0 spiro atoms. The van der Waals surface area contributed by atoms with E-state index in [1.54, 1.807) is 4.72 Å². The van der Waals surface area contributed by atoms with Crippen LogP contribution in [-0.4, -0.2) is 131 Å². The molecule has 2 aromatic rings. The maximum atomic E-state index is 14.4. The number of anilines is 1. The van der Waals surface area contributed by atoms with Crippen molar-refractivity contribution >= 4 is 96.5 Å². The van der Waals surface area contributed by atoms with Crippen LogP contribution < -0.4 is 31.3 Å². The van der Waals surface area contributed by atoms with Gasteiger partial charge in [0.1, 0.15) is 16.7 Å². The van der Waals surface area contributed by atoms with E-state index < -0.39 is 173 Å². The summed E-state index contributed by atoms with van der Waals surface area (Å²) in [5.41, 5.74) is 3.76. The number of sulfonamides is 2. The Morgan fingerprint density at radius 2 is 1.36 bits per heavy atom. The Balaban J connectivity index is 0.00000228. The van der Waals surface area contributed by atoms with Gasteiger partial charge in [0, 0.05) is 48.9 Å². The number of rotatable bonds is 8. The number of carbonyl (C=O) groups is 5. The van der Waals surface area contributed by atoms with Gasteiger partial charge in [-0.1, -0.05) is 18.2 Å². The summed E-state index contributed by atoms with van der Waals surface area (Å²) in [7, 11) is -26.2. The summed E-state index contributed by atoms with van der Waals surface area (Å²) >= 11 is 0. The van der Waals surface area contributed by atoms with Gasteiger partial charge in [-0.15, -0.1) is 0 Å². The van der Waals surface area contributed by atoms with E-state index in [4.69, 9.17) is 25.5 Å². The Kier molecular flexibility index (Phi) is 16.0. The van der Waals surface area contributed by atoms with E-state index in [2.05, 4.69) is 4.72 Å². The summed E-state index contributed by atoms with van der Waals surface area (Å²) in [6.45, 7) is 0.449. The van der Waals surface area contributed by atoms with Crippen molar-refractivity contribution in [3.05, 3.63) is 59.5 Å². The van der Waals surface area contributed by atoms with Crippen LogP contribution in [0.2, 0.25) is 0 Å². The molecule has 0 aromatic heterocycles. The number of amides is 1. The third-order valence-electron chi connectivity index (χ3n) is 9.26. The number of hydrogen-bond donors (Lipinski definition) is 10. The van der Waals surface area contributed by atoms with Crippen LogP contribution >= 0.6 is 0 Å². The summed E-state index contributed by atoms with van der Waals surface area (Å²) < 4.78 is 168. The smallest absolute Gasteiger partial charge is 0.336 e. The zero-order valence-corrected chi connectivity index (χ0v) is 37.8. The number of nitrogen functional groups attached to an aromatic ring is 1. The normalized spacial score (nSPS) is 20.0. The van der Waals surface area contributed by atoms with Gasteiger partial charge in [0.25, 0.3) is 46.3 Å². The molecule has 2 heterocycles. The molecule has 1 amide bonds. The summed E-state index contributed by atoms with van der Waals surface area (Å²) in [4.78, 5) is 60.0. The van der Waals surface area contributed by atoms with Gasteiger partial charge in [-0.05, 0) is 36.2 Å². The average Bonchev–Trinajstić information content (AvgIpc) is 3.15. The SMILES string of the molecule is CC(=O)O.Nc1ccc2c(-c3ccccc3C(=O)O)c3ccc(=[NH2+])c4c-3oc2c1S(=O)(=O)NC(CS(=O)(=O)O)C(=O)CC(CS(=O)(=O)O)C(=O)NC(CS(=O)(=O)O)C(=O)CCCNS4(=O)=O. The first kappa shape index (κ1) is 52.9. The molecule has 5 rings (SSSR count). The van der Waals surface area contributed by atoms with Crippen LogP contribution in [0.3, 0.4) is 0 Å². The molecule has 2 aliphatic heterocycles. The van der Waals surface area contributed by atoms with Gasteiger partial charge in [-0.25, -0.2) is 26.4 Å². The fourth-order valence-electron chi connectivity index (χ4n) is 6.68. The molecule has 0 fully saturated rings. The van der Waals surface area contributed by atoms with Crippen molar-refractivity contribution in [2.24, 2.45) is 5.92 Å². The molecule has 0 saturated heterocycles. The molecule has 360 valence electrons. The Morgan fingerprint density at radius 1 is 0.788 bits per heavy atom. The monoisotopic (exact) mass is 1030 g/mol. The summed E-state index contributed by atoms with van der Waals surface area (Å²) in [5.74, 6) is -14.9. The Morgan fingerprint density at radius 3 is 1.94 bits per heavy atom. The van der Waals surface area contributed by atoms with Crippen molar-refractivity contribution in [3.8, 4) is 22.5 Å². The molecule has 0 saturated carbocycles. The molecule has 0 radical (unpaired) electrons. The van der Waals surface area contributed by atoms with E-state index in [1.807, 2.05) is 5.32 Å². The number of aromatic carboxylic acids is 1. The molecule has 2 bridgehead atoms. The van der Waals surface area contributed by atoms with Crippen molar-refractivity contribution in [3.63, 3.8) is 0 Å². The van der Waals surface area contributed by atoms with Crippen LogP contribution in [0.25, 0.3) is 33.4 Å². The van der Waals surface area contributed by atoms with Crippen molar-refractivity contribution in [1.82, 2.24) is 14.8 Å². The molecule has 3 unspecified atom stereocenters. The molecule has 3 atom stereocenters. The lowest BCUT2D eigenvalue weighted by molar-refractivity contribution is -0.176. The zero-order valence-electron chi connectivity index (χ0n) is 33.8. The second-order valence-corrected chi connectivity index (χ2v) is 22.2. The fourth-order valence-corrected chi connectivity index (χ4v) is 11.8. The van der Waals surface area contributed by atoms with Gasteiger partial charge < -0.3 is 25.7 Å². The van der Waals surface area contributed by atoms with Gasteiger partial charge in [-0.3, -0.25) is 38.2 Å². The van der Waals surface area contributed by atoms with Gasteiger partial charge in [0.05, 0.1) is 34.7 Å². The number of nitrogens with two attached hydrogens (primary N) is 2.